The third-order valence-electron chi connectivity index (χ3n) is 1.59. The third kappa shape index (κ3) is 1.81. The number of hydrogen-bond donors (Lipinski definition) is 3. The van der Waals surface area contributed by atoms with Crippen LogP contribution < -0.4 is 10.5 Å². The van der Waals surface area contributed by atoms with Gasteiger partial charge < -0.3 is 20.8 Å². The zero-order chi connectivity index (χ0) is 9.84. The van der Waals surface area contributed by atoms with Crippen LogP contribution in [-0.4, -0.2) is 23.3 Å². The molecular formula is C8H10N2O3. The maximum absolute atomic E-state index is 9.30. The predicted molar refractivity (Wildman–Crippen MR) is 47.2 cm³/mol. The standard InChI is InChI=1S/C8H10N2O3/c1-13-5-2-3-7(11)6(4-5)8(9)10-12/h2-4,11-12H,1H3,(H2,9,10). The minimum Gasteiger partial charge on any atom is -0.507 e. The van der Waals surface area contributed by atoms with Crippen LogP contribution in [-0.2, 0) is 0 Å². The Morgan fingerprint density at radius 3 is 2.77 bits per heavy atom. The highest BCUT2D eigenvalue weighted by Crippen LogP contribution is 2.22. The summed E-state index contributed by atoms with van der Waals surface area (Å²) >= 11 is 0. The summed E-state index contributed by atoms with van der Waals surface area (Å²) in [5, 5.41) is 20.5. The number of amidine groups is 1. The molecule has 0 spiro atoms. The average molecular weight is 182 g/mol. The fraction of sp³-hybridized carbons (Fsp3) is 0.125. The fourth-order valence-electron chi connectivity index (χ4n) is 0.901. The number of nitrogens with two attached hydrogens (primary N) is 1. The average Bonchev–Trinajstić information content (AvgIpc) is 2.17. The van der Waals surface area contributed by atoms with Crippen molar-refractivity contribution in [1.82, 2.24) is 0 Å². The highest BCUT2D eigenvalue weighted by Gasteiger charge is 2.07. The molecule has 0 aliphatic rings. The van der Waals surface area contributed by atoms with E-state index in [4.69, 9.17) is 15.7 Å². The number of benzene rings is 1. The van der Waals surface area contributed by atoms with E-state index in [1.165, 1.54) is 19.2 Å². The molecule has 4 N–H and O–H groups in total. The highest BCUT2D eigenvalue weighted by molar-refractivity contribution is 5.99. The van der Waals surface area contributed by atoms with E-state index in [0.717, 1.165) is 0 Å². The summed E-state index contributed by atoms with van der Waals surface area (Å²) in [7, 11) is 1.49. The van der Waals surface area contributed by atoms with Gasteiger partial charge in [-0.15, -0.1) is 0 Å². The summed E-state index contributed by atoms with van der Waals surface area (Å²) in [5.41, 5.74) is 5.54. The lowest BCUT2D eigenvalue weighted by Gasteiger charge is -2.04. The summed E-state index contributed by atoms with van der Waals surface area (Å²) < 4.78 is 4.90. The van der Waals surface area contributed by atoms with Gasteiger partial charge in [0.15, 0.2) is 5.84 Å². The van der Waals surface area contributed by atoms with Gasteiger partial charge in [-0.3, -0.25) is 0 Å². The first-order valence-electron chi connectivity index (χ1n) is 3.54. The van der Waals surface area contributed by atoms with Crippen LogP contribution in [0.25, 0.3) is 0 Å². The minimum atomic E-state index is -0.156. The molecule has 0 aromatic heterocycles. The molecule has 0 saturated heterocycles. The van der Waals surface area contributed by atoms with E-state index in [2.05, 4.69) is 5.16 Å². The van der Waals surface area contributed by atoms with Crippen LogP contribution in [0.3, 0.4) is 0 Å². The van der Waals surface area contributed by atoms with E-state index in [1.54, 1.807) is 6.07 Å². The SMILES string of the molecule is COc1ccc(O)c(C(N)=NO)c1. The molecule has 0 amide bonds. The molecule has 13 heavy (non-hydrogen) atoms. The van der Waals surface area contributed by atoms with E-state index < -0.39 is 0 Å². The Bertz CT molecular complexity index is 336. The lowest BCUT2D eigenvalue weighted by Crippen LogP contribution is -2.13. The zero-order valence-corrected chi connectivity index (χ0v) is 7.06. The normalized spacial score (nSPS) is 11.3. The van der Waals surface area contributed by atoms with Crippen LogP contribution in [0.5, 0.6) is 11.5 Å². The van der Waals surface area contributed by atoms with E-state index >= 15 is 0 Å². The number of oxime groups is 1. The molecule has 1 aromatic carbocycles. The molecule has 0 unspecified atom stereocenters. The van der Waals surface area contributed by atoms with E-state index in [1.807, 2.05) is 0 Å². The van der Waals surface area contributed by atoms with Crippen molar-refractivity contribution in [2.45, 2.75) is 0 Å². The molecule has 5 nitrogen and oxygen atoms in total. The van der Waals surface area contributed by atoms with Crippen LogP contribution >= 0.6 is 0 Å². The van der Waals surface area contributed by atoms with Gasteiger partial charge in [-0.05, 0) is 18.2 Å². The maximum Gasteiger partial charge on any atom is 0.173 e. The summed E-state index contributed by atoms with van der Waals surface area (Å²) in [6.45, 7) is 0. The summed E-state index contributed by atoms with van der Waals surface area (Å²) in [4.78, 5) is 0. The van der Waals surface area contributed by atoms with Crippen molar-refractivity contribution in [3.63, 3.8) is 0 Å². The number of methoxy groups -OCH3 is 1. The lowest BCUT2D eigenvalue weighted by molar-refractivity contribution is 0.318. The van der Waals surface area contributed by atoms with Gasteiger partial charge in [-0.2, -0.15) is 0 Å². The number of phenols is 1. The van der Waals surface area contributed by atoms with Gasteiger partial charge >= 0.3 is 0 Å². The van der Waals surface area contributed by atoms with Crippen molar-refractivity contribution < 1.29 is 15.1 Å². The van der Waals surface area contributed by atoms with Crippen LogP contribution in [0.4, 0.5) is 0 Å². The summed E-state index contributed by atoms with van der Waals surface area (Å²) in [5.74, 6) is 0.312. The molecule has 1 rings (SSSR count). The van der Waals surface area contributed by atoms with Crippen molar-refractivity contribution in [2.24, 2.45) is 10.9 Å². The first-order valence-corrected chi connectivity index (χ1v) is 3.54. The molecular weight excluding hydrogens is 172 g/mol. The van der Waals surface area contributed by atoms with E-state index in [0.29, 0.717) is 5.75 Å². The quantitative estimate of drug-likeness (QED) is 0.269. The molecule has 0 aliphatic heterocycles. The number of phenolic OH excluding ortho intramolecular Hbond substituents is 1. The highest BCUT2D eigenvalue weighted by atomic mass is 16.5. The van der Waals surface area contributed by atoms with Crippen LogP contribution in [0, 0.1) is 0 Å². The van der Waals surface area contributed by atoms with Crippen molar-refractivity contribution in [3.05, 3.63) is 23.8 Å². The van der Waals surface area contributed by atoms with Crippen LogP contribution in [0.1, 0.15) is 5.56 Å². The molecule has 5 heteroatoms. The molecule has 0 atom stereocenters. The van der Waals surface area contributed by atoms with Gasteiger partial charge in [0.2, 0.25) is 0 Å². The Hall–Kier alpha value is -1.91. The lowest BCUT2D eigenvalue weighted by atomic mass is 10.2. The number of ether oxygens (including phenoxy) is 1. The Kier molecular flexibility index (Phi) is 2.59. The molecule has 0 bridgehead atoms. The zero-order valence-electron chi connectivity index (χ0n) is 7.06. The molecule has 0 fully saturated rings. The smallest absolute Gasteiger partial charge is 0.173 e. The first kappa shape index (κ1) is 9.18. The second-order valence-electron chi connectivity index (χ2n) is 2.37. The maximum atomic E-state index is 9.30. The van der Waals surface area contributed by atoms with E-state index in [-0.39, 0.29) is 17.1 Å². The molecule has 1 aromatic rings. The predicted octanol–water partition coefficient (Wildman–Crippen LogP) is 0.495. The number of nitrogens with zero attached hydrogens (tertiary/aromatic N) is 1. The van der Waals surface area contributed by atoms with E-state index in [9.17, 15) is 5.11 Å². The molecule has 70 valence electrons. The topological polar surface area (TPSA) is 88.1 Å². The van der Waals surface area contributed by atoms with Crippen molar-refractivity contribution in [1.29, 1.82) is 0 Å². The number of hydrogen-bond acceptors (Lipinski definition) is 4. The molecule has 0 saturated carbocycles. The largest absolute Gasteiger partial charge is 0.507 e. The Morgan fingerprint density at radius 1 is 1.54 bits per heavy atom. The van der Waals surface area contributed by atoms with Crippen molar-refractivity contribution >= 4 is 5.84 Å². The fourth-order valence-corrected chi connectivity index (χ4v) is 0.901. The number of rotatable bonds is 2. The first-order chi connectivity index (χ1) is 6.19. The van der Waals surface area contributed by atoms with Gasteiger partial charge in [0, 0.05) is 0 Å². The Morgan fingerprint density at radius 2 is 2.23 bits per heavy atom. The van der Waals surface area contributed by atoms with Crippen LogP contribution in [0.15, 0.2) is 23.4 Å². The minimum absolute atomic E-state index is 0.0592. The van der Waals surface area contributed by atoms with Gasteiger partial charge in [0.25, 0.3) is 0 Å². The van der Waals surface area contributed by atoms with Gasteiger partial charge in [0.1, 0.15) is 11.5 Å². The monoisotopic (exact) mass is 182 g/mol. The molecule has 0 aliphatic carbocycles. The third-order valence-corrected chi connectivity index (χ3v) is 1.59. The van der Waals surface area contributed by atoms with Crippen LogP contribution in [0.2, 0.25) is 0 Å². The van der Waals surface area contributed by atoms with Gasteiger partial charge in [-0.25, -0.2) is 0 Å². The summed E-state index contributed by atoms with van der Waals surface area (Å²) in [6.07, 6.45) is 0. The second kappa shape index (κ2) is 3.66. The Labute approximate surface area is 75.1 Å². The Balaban J connectivity index is 3.19. The number of aromatic hydroxyl groups is 1. The van der Waals surface area contributed by atoms with Gasteiger partial charge in [0.05, 0.1) is 12.7 Å². The van der Waals surface area contributed by atoms with Crippen molar-refractivity contribution in [3.8, 4) is 11.5 Å². The second-order valence-corrected chi connectivity index (χ2v) is 2.37. The summed E-state index contributed by atoms with van der Waals surface area (Å²) in [6, 6.07) is 4.46. The van der Waals surface area contributed by atoms with Crippen molar-refractivity contribution in [2.75, 3.05) is 7.11 Å². The van der Waals surface area contributed by atoms with Gasteiger partial charge in [-0.1, -0.05) is 5.16 Å². The molecule has 0 radical (unpaired) electrons. The molecule has 0 heterocycles.